The molecule has 1 rings (SSSR count). The topological polar surface area (TPSA) is 149 Å². The lowest BCUT2D eigenvalue weighted by atomic mass is 9.99. The Kier molecular flexibility index (Phi) is 58.3. The molecular weight excluding hydrogens is 995 g/mol. The largest absolute Gasteiger partial charge is 0.394 e. The van der Waals surface area contributed by atoms with E-state index in [1.54, 1.807) is 0 Å². The first-order valence-corrected chi connectivity index (χ1v) is 35.5. The van der Waals surface area contributed by atoms with Crippen molar-refractivity contribution in [2.45, 2.75) is 410 Å². The van der Waals surface area contributed by atoms with Crippen molar-refractivity contribution in [3.05, 3.63) is 24.3 Å². The number of aliphatic hydroxyl groups is 5. The van der Waals surface area contributed by atoms with Crippen molar-refractivity contribution in [2.24, 2.45) is 0 Å². The Balaban J connectivity index is 2.00. The van der Waals surface area contributed by atoms with Crippen molar-refractivity contribution in [3.8, 4) is 0 Å². The van der Waals surface area contributed by atoms with Gasteiger partial charge in [-0.3, -0.25) is 4.79 Å². The molecule has 9 heteroatoms. The predicted molar refractivity (Wildman–Crippen MR) is 341 cm³/mol. The molecule has 7 atom stereocenters. The Morgan fingerprint density at radius 1 is 0.425 bits per heavy atom. The highest BCUT2D eigenvalue weighted by Crippen LogP contribution is 2.24. The summed E-state index contributed by atoms with van der Waals surface area (Å²) >= 11 is 0. The van der Waals surface area contributed by atoms with Crippen LogP contribution < -0.4 is 5.32 Å². The summed E-state index contributed by atoms with van der Waals surface area (Å²) in [5.41, 5.74) is 0. The maximum atomic E-state index is 13.1. The second-order valence-electron chi connectivity index (χ2n) is 25.0. The van der Waals surface area contributed by atoms with E-state index in [9.17, 15) is 30.3 Å². The van der Waals surface area contributed by atoms with E-state index in [0.717, 1.165) is 44.9 Å². The molecule has 7 unspecified atom stereocenters. The fourth-order valence-corrected chi connectivity index (χ4v) is 11.7. The van der Waals surface area contributed by atoms with E-state index in [0.29, 0.717) is 12.8 Å². The summed E-state index contributed by atoms with van der Waals surface area (Å²) in [5.74, 6) is -0.136. The molecule has 0 aromatic heterocycles. The first kappa shape index (κ1) is 76.7. The number of amides is 1. The third kappa shape index (κ3) is 49.0. The molecule has 474 valence electrons. The number of rotatable bonds is 63. The van der Waals surface area contributed by atoms with Crippen LogP contribution in [0.4, 0.5) is 0 Å². The number of ether oxygens (including phenoxy) is 2. The lowest BCUT2D eigenvalue weighted by Crippen LogP contribution is -2.60. The second kappa shape index (κ2) is 60.8. The highest BCUT2D eigenvalue weighted by atomic mass is 16.7. The van der Waals surface area contributed by atoms with E-state index >= 15 is 0 Å². The maximum absolute atomic E-state index is 13.1. The highest BCUT2D eigenvalue weighted by Gasteiger charge is 2.44. The lowest BCUT2D eigenvalue weighted by Gasteiger charge is -2.40. The molecule has 0 aromatic rings. The van der Waals surface area contributed by atoms with Crippen LogP contribution in [0, 0.1) is 0 Å². The summed E-state index contributed by atoms with van der Waals surface area (Å²) in [6, 6.07) is -0.716. The maximum Gasteiger partial charge on any atom is 0.220 e. The van der Waals surface area contributed by atoms with E-state index in [1.165, 1.54) is 295 Å². The van der Waals surface area contributed by atoms with Crippen molar-refractivity contribution in [1.82, 2.24) is 5.32 Å². The number of hydrogen-bond donors (Lipinski definition) is 6. The molecule has 9 nitrogen and oxygen atoms in total. The molecule has 1 fully saturated rings. The van der Waals surface area contributed by atoms with Gasteiger partial charge in [-0.15, -0.1) is 0 Å². The van der Waals surface area contributed by atoms with E-state index in [1.807, 2.05) is 0 Å². The van der Waals surface area contributed by atoms with Gasteiger partial charge in [0.2, 0.25) is 5.91 Å². The molecule has 1 aliphatic rings. The van der Waals surface area contributed by atoms with Crippen LogP contribution in [0.15, 0.2) is 24.3 Å². The quantitative estimate of drug-likeness (QED) is 0.0261. The van der Waals surface area contributed by atoms with E-state index in [4.69, 9.17) is 9.47 Å². The van der Waals surface area contributed by atoms with Gasteiger partial charge in [0.05, 0.1) is 25.4 Å². The second-order valence-corrected chi connectivity index (χ2v) is 25.0. The van der Waals surface area contributed by atoms with Gasteiger partial charge in [-0.1, -0.05) is 340 Å². The summed E-state index contributed by atoms with van der Waals surface area (Å²) in [4.78, 5) is 13.1. The summed E-state index contributed by atoms with van der Waals surface area (Å²) in [7, 11) is 0. The van der Waals surface area contributed by atoms with Gasteiger partial charge < -0.3 is 40.3 Å². The van der Waals surface area contributed by atoms with Crippen LogP contribution in [0.2, 0.25) is 0 Å². The van der Waals surface area contributed by atoms with Crippen LogP contribution in [0.3, 0.4) is 0 Å². The van der Waals surface area contributed by atoms with Crippen molar-refractivity contribution in [2.75, 3.05) is 13.2 Å². The van der Waals surface area contributed by atoms with Crippen molar-refractivity contribution in [1.29, 1.82) is 0 Å². The van der Waals surface area contributed by atoms with Gasteiger partial charge in [0, 0.05) is 6.42 Å². The molecule has 0 radical (unpaired) electrons. The molecular formula is C71H137NO8. The molecule has 1 amide bonds. The van der Waals surface area contributed by atoms with Crippen LogP contribution in [0.5, 0.6) is 0 Å². The Bertz CT molecular complexity index is 1310. The van der Waals surface area contributed by atoms with Crippen LogP contribution in [0.1, 0.15) is 367 Å². The molecule has 0 aliphatic carbocycles. The van der Waals surface area contributed by atoms with Crippen LogP contribution in [0.25, 0.3) is 0 Å². The molecule has 0 aromatic carbocycles. The number of nitrogens with one attached hydrogen (secondary N) is 1. The third-order valence-electron chi connectivity index (χ3n) is 17.3. The summed E-state index contributed by atoms with van der Waals surface area (Å²) in [6.45, 7) is 3.87. The molecule has 0 saturated carbocycles. The van der Waals surface area contributed by atoms with E-state index < -0.39 is 49.5 Å². The standard InChI is InChI=1S/C71H137NO8/c1-3-5-7-9-11-13-15-17-19-21-22-23-24-25-26-27-28-29-30-31-32-33-34-35-36-37-38-39-40-41-42-43-44-45-47-49-51-53-55-57-59-61-67(75)72-64(63-79-71-70(78)69(77)68(76)66(62-73)80-71)65(74)60-58-56-54-52-50-48-46-20-18-16-14-12-10-8-6-4-2/h15,17,21-22,64-66,68-71,73-74,76-78H,3-14,16,18-20,23-63H2,1-2H3,(H,72,75)/b17-15-,22-21-. The van der Waals surface area contributed by atoms with Crippen molar-refractivity contribution < 1.29 is 39.8 Å². The molecule has 6 N–H and O–H groups in total. The van der Waals surface area contributed by atoms with Gasteiger partial charge in [-0.2, -0.15) is 0 Å². The first-order chi connectivity index (χ1) is 39.3. The SMILES string of the molecule is CCCCCCC/C=C\C/C=C\CCCCCCCCCCCCCCCCCCCCCCCCCCCCCCCC(=O)NC(COC1OC(CO)C(O)C(O)C1O)C(O)CCCCCCCCCCCCCCCCCC. The van der Waals surface area contributed by atoms with Crippen LogP contribution in [-0.4, -0.2) is 87.5 Å². The fraction of sp³-hybridized carbons (Fsp3) is 0.930. The zero-order valence-electron chi connectivity index (χ0n) is 53.1. The zero-order chi connectivity index (χ0) is 57.9. The molecule has 80 heavy (non-hydrogen) atoms. The van der Waals surface area contributed by atoms with E-state index in [2.05, 4.69) is 43.5 Å². The molecule has 1 aliphatic heterocycles. The molecule has 1 saturated heterocycles. The summed E-state index contributed by atoms with van der Waals surface area (Å²) in [6.07, 6.45) is 72.7. The molecule has 0 spiro atoms. The Hall–Kier alpha value is -1.33. The summed E-state index contributed by atoms with van der Waals surface area (Å²) < 4.78 is 11.3. The highest BCUT2D eigenvalue weighted by molar-refractivity contribution is 5.76. The normalized spacial score (nSPS) is 18.5. The number of unbranched alkanes of at least 4 members (excludes halogenated alkanes) is 49. The average Bonchev–Trinajstić information content (AvgIpc) is 3.46. The zero-order valence-corrected chi connectivity index (χ0v) is 53.1. The molecule has 1 heterocycles. The van der Waals surface area contributed by atoms with Gasteiger partial charge in [-0.05, 0) is 44.9 Å². The number of aliphatic hydroxyl groups excluding tert-OH is 5. The monoisotopic (exact) mass is 1130 g/mol. The predicted octanol–water partition coefficient (Wildman–Crippen LogP) is 19.3. The van der Waals surface area contributed by atoms with Crippen LogP contribution >= 0.6 is 0 Å². The van der Waals surface area contributed by atoms with Crippen molar-refractivity contribution in [3.63, 3.8) is 0 Å². The van der Waals surface area contributed by atoms with Crippen LogP contribution in [-0.2, 0) is 14.3 Å². The Morgan fingerprint density at radius 3 is 1.07 bits per heavy atom. The molecule has 0 bridgehead atoms. The number of allylic oxidation sites excluding steroid dienone is 4. The van der Waals surface area contributed by atoms with Gasteiger partial charge in [0.25, 0.3) is 0 Å². The van der Waals surface area contributed by atoms with Gasteiger partial charge >= 0.3 is 0 Å². The average molecular weight is 1130 g/mol. The fourth-order valence-electron chi connectivity index (χ4n) is 11.7. The van der Waals surface area contributed by atoms with Gasteiger partial charge in [0.15, 0.2) is 6.29 Å². The number of carbonyl (C=O) groups is 1. The minimum absolute atomic E-state index is 0.132. The van der Waals surface area contributed by atoms with Gasteiger partial charge in [-0.25, -0.2) is 0 Å². The number of hydrogen-bond acceptors (Lipinski definition) is 8. The van der Waals surface area contributed by atoms with Crippen molar-refractivity contribution >= 4 is 5.91 Å². The number of carbonyl (C=O) groups excluding carboxylic acids is 1. The minimum atomic E-state index is -1.55. The third-order valence-corrected chi connectivity index (χ3v) is 17.3. The smallest absolute Gasteiger partial charge is 0.220 e. The first-order valence-electron chi connectivity index (χ1n) is 35.5. The van der Waals surface area contributed by atoms with Gasteiger partial charge in [0.1, 0.15) is 24.4 Å². The Labute approximate surface area is 496 Å². The lowest BCUT2D eigenvalue weighted by molar-refractivity contribution is -0.302. The van der Waals surface area contributed by atoms with E-state index in [-0.39, 0.29) is 12.5 Å². The minimum Gasteiger partial charge on any atom is -0.394 e. The summed E-state index contributed by atoms with van der Waals surface area (Å²) in [5, 5.41) is 54.8. The Morgan fingerprint density at radius 2 is 0.738 bits per heavy atom.